The summed E-state index contributed by atoms with van der Waals surface area (Å²) in [6.07, 6.45) is 3.40. The summed E-state index contributed by atoms with van der Waals surface area (Å²) < 4.78 is 22.6. The summed E-state index contributed by atoms with van der Waals surface area (Å²) in [5, 5.41) is 2.77. The first kappa shape index (κ1) is 15.4. The minimum atomic E-state index is -3.14. The van der Waals surface area contributed by atoms with E-state index in [0.717, 1.165) is 11.1 Å². The van der Waals surface area contributed by atoms with Crippen LogP contribution < -0.4 is 5.32 Å². The Morgan fingerprint density at radius 1 is 1.21 bits per heavy atom. The minimum Gasteiger partial charge on any atom is -0.352 e. The van der Waals surface area contributed by atoms with Crippen molar-refractivity contribution in [2.75, 3.05) is 12.8 Å². The van der Waals surface area contributed by atoms with E-state index >= 15 is 0 Å². The summed E-state index contributed by atoms with van der Waals surface area (Å²) >= 11 is 0. The average molecular weight is 281 g/mol. The fourth-order valence-electron chi connectivity index (χ4n) is 1.55. The Morgan fingerprint density at radius 2 is 1.79 bits per heavy atom. The smallest absolute Gasteiger partial charge is 0.243 e. The number of sulfone groups is 1. The summed E-state index contributed by atoms with van der Waals surface area (Å²) in [5.41, 5.74) is 1.94. The van der Waals surface area contributed by atoms with Crippen LogP contribution in [0.15, 0.2) is 40.8 Å². The van der Waals surface area contributed by atoms with Crippen LogP contribution in [0.2, 0.25) is 0 Å². The van der Waals surface area contributed by atoms with E-state index in [0.29, 0.717) is 17.9 Å². The van der Waals surface area contributed by atoms with Gasteiger partial charge in [-0.25, -0.2) is 8.42 Å². The Balaban J connectivity index is 2.52. The monoisotopic (exact) mass is 281 g/mol. The van der Waals surface area contributed by atoms with Gasteiger partial charge in [-0.3, -0.25) is 4.79 Å². The fourth-order valence-corrected chi connectivity index (χ4v) is 2.18. The third-order valence-electron chi connectivity index (χ3n) is 2.48. The van der Waals surface area contributed by atoms with E-state index < -0.39 is 9.84 Å². The molecule has 5 heteroatoms. The molecule has 104 valence electrons. The van der Waals surface area contributed by atoms with Crippen LogP contribution in [-0.2, 0) is 21.1 Å². The number of hydrogen-bond donors (Lipinski definition) is 1. The highest BCUT2D eigenvalue weighted by Gasteiger charge is 2.06. The molecule has 0 radical (unpaired) electrons. The molecule has 1 aromatic carbocycles. The Morgan fingerprint density at radius 3 is 2.26 bits per heavy atom. The molecule has 0 spiro atoms. The number of hydrogen-bond acceptors (Lipinski definition) is 3. The molecule has 0 saturated heterocycles. The molecule has 0 aliphatic rings. The van der Waals surface area contributed by atoms with E-state index in [4.69, 9.17) is 0 Å². The lowest BCUT2D eigenvalue weighted by molar-refractivity contribution is -0.116. The zero-order valence-electron chi connectivity index (χ0n) is 11.4. The molecule has 0 unspecified atom stereocenters. The van der Waals surface area contributed by atoms with Gasteiger partial charge in [0.15, 0.2) is 9.84 Å². The molecule has 0 aliphatic heterocycles. The van der Waals surface area contributed by atoms with Crippen LogP contribution in [0.5, 0.6) is 0 Å². The standard InChI is InChI=1S/C14H19NO3S/c1-11(2)10-14(16)15-9-8-12-4-6-13(7-5-12)19(3,17)18/h4-7,10H,8-9H2,1-3H3,(H,15,16). The minimum absolute atomic E-state index is 0.104. The largest absolute Gasteiger partial charge is 0.352 e. The van der Waals surface area contributed by atoms with Crippen LogP contribution >= 0.6 is 0 Å². The first-order chi connectivity index (χ1) is 8.79. The van der Waals surface area contributed by atoms with Crippen molar-refractivity contribution in [3.05, 3.63) is 41.5 Å². The quantitative estimate of drug-likeness (QED) is 0.836. The normalized spacial score (nSPS) is 10.9. The van der Waals surface area contributed by atoms with Gasteiger partial charge in [0.05, 0.1) is 4.90 Å². The van der Waals surface area contributed by atoms with Crippen LogP contribution in [0.3, 0.4) is 0 Å². The highest BCUT2D eigenvalue weighted by Crippen LogP contribution is 2.10. The van der Waals surface area contributed by atoms with Gasteiger partial charge < -0.3 is 5.32 Å². The highest BCUT2D eigenvalue weighted by molar-refractivity contribution is 7.90. The zero-order chi connectivity index (χ0) is 14.5. The first-order valence-electron chi connectivity index (χ1n) is 6.01. The second kappa shape index (κ2) is 6.52. The lowest BCUT2D eigenvalue weighted by atomic mass is 10.1. The number of allylic oxidation sites excluding steroid dienone is 1. The summed E-state index contributed by atoms with van der Waals surface area (Å²) in [7, 11) is -3.14. The van der Waals surface area contributed by atoms with Crippen LogP contribution in [0, 0.1) is 0 Å². The average Bonchev–Trinajstić information content (AvgIpc) is 2.27. The molecule has 0 bridgehead atoms. The van der Waals surface area contributed by atoms with E-state index in [2.05, 4.69) is 5.32 Å². The van der Waals surface area contributed by atoms with E-state index in [1.807, 2.05) is 13.8 Å². The lowest BCUT2D eigenvalue weighted by Gasteiger charge is -2.04. The van der Waals surface area contributed by atoms with Crippen LogP contribution in [0.1, 0.15) is 19.4 Å². The van der Waals surface area contributed by atoms with Crippen molar-refractivity contribution in [3.8, 4) is 0 Å². The first-order valence-corrected chi connectivity index (χ1v) is 7.90. The maximum atomic E-state index is 11.4. The summed E-state index contributed by atoms with van der Waals surface area (Å²) in [6.45, 7) is 4.26. The van der Waals surface area contributed by atoms with Crippen LogP contribution in [-0.4, -0.2) is 27.1 Å². The molecule has 1 N–H and O–H groups in total. The van der Waals surface area contributed by atoms with Gasteiger partial charge in [-0.1, -0.05) is 17.7 Å². The van der Waals surface area contributed by atoms with Crippen molar-refractivity contribution in [3.63, 3.8) is 0 Å². The molecule has 0 aliphatic carbocycles. The molecule has 1 rings (SSSR count). The highest BCUT2D eigenvalue weighted by atomic mass is 32.2. The van der Waals surface area contributed by atoms with Gasteiger partial charge in [0.1, 0.15) is 0 Å². The Bertz CT molecular complexity index is 567. The molecule has 0 heterocycles. The topological polar surface area (TPSA) is 63.2 Å². The fraction of sp³-hybridized carbons (Fsp3) is 0.357. The van der Waals surface area contributed by atoms with Gasteiger partial charge in [0.2, 0.25) is 5.91 Å². The molecule has 0 fully saturated rings. The van der Waals surface area contributed by atoms with E-state index in [1.165, 1.54) is 6.26 Å². The van der Waals surface area contributed by atoms with Crippen molar-refractivity contribution in [2.45, 2.75) is 25.2 Å². The second-order valence-electron chi connectivity index (χ2n) is 4.68. The van der Waals surface area contributed by atoms with E-state index in [-0.39, 0.29) is 5.91 Å². The molecule has 19 heavy (non-hydrogen) atoms. The maximum Gasteiger partial charge on any atom is 0.243 e. The van der Waals surface area contributed by atoms with Crippen molar-refractivity contribution in [2.24, 2.45) is 0 Å². The van der Waals surface area contributed by atoms with Crippen molar-refractivity contribution < 1.29 is 13.2 Å². The summed E-state index contributed by atoms with van der Waals surface area (Å²) in [6, 6.07) is 6.71. The predicted molar refractivity (Wildman–Crippen MR) is 75.7 cm³/mol. The van der Waals surface area contributed by atoms with Gasteiger partial charge >= 0.3 is 0 Å². The van der Waals surface area contributed by atoms with Gasteiger partial charge in [-0.05, 0) is 38.0 Å². The van der Waals surface area contributed by atoms with Gasteiger partial charge in [-0.15, -0.1) is 0 Å². The van der Waals surface area contributed by atoms with Crippen molar-refractivity contribution in [1.82, 2.24) is 5.32 Å². The molecular weight excluding hydrogens is 262 g/mol. The number of carbonyl (C=O) groups excluding carboxylic acids is 1. The maximum absolute atomic E-state index is 11.4. The second-order valence-corrected chi connectivity index (χ2v) is 6.69. The lowest BCUT2D eigenvalue weighted by Crippen LogP contribution is -2.23. The summed E-state index contributed by atoms with van der Waals surface area (Å²) in [5.74, 6) is -0.104. The molecule has 0 atom stereocenters. The molecule has 1 amide bonds. The molecule has 4 nitrogen and oxygen atoms in total. The number of benzene rings is 1. The van der Waals surface area contributed by atoms with E-state index in [9.17, 15) is 13.2 Å². The van der Waals surface area contributed by atoms with Gasteiger partial charge in [0, 0.05) is 18.9 Å². The molecular formula is C14H19NO3S. The Labute approximate surface area is 114 Å². The van der Waals surface area contributed by atoms with Crippen LogP contribution in [0.4, 0.5) is 0 Å². The van der Waals surface area contributed by atoms with Gasteiger partial charge in [-0.2, -0.15) is 0 Å². The number of amides is 1. The molecule has 1 aromatic rings. The van der Waals surface area contributed by atoms with E-state index in [1.54, 1.807) is 30.3 Å². The number of nitrogens with one attached hydrogen (secondary N) is 1. The van der Waals surface area contributed by atoms with Crippen molar-refractivity contribution in [1.29, 1.82) is 0 Å². The van der Waals surface area contributed by atoms with Gasteiger partial charge in [0.25, 0.3) is 0 Å². The molecule has 0 aromatic heterocycles. The predicted octanol–water partition coefficient (Wildman–Crippen LogP) is 1.72. The number of rotatable bonds is 5. The summed E-state index contributed by atoms with van der Waals surface area (Å²) in [4.78, 5) is 11.7. The van der Waals surface area contributed by atoms with Crippen molar-refractivity contribution >= 4 is 15.7 Å². The molecule has 0 saturated carbocycles. The Hall–Kier alpha value is -1.62. The van der Waals surface area contributed by atoms with Crippen LogP contribution in [0.25, 0.3) is 0 Å². The third-order valence-corrected chi connectivity index (χ3v) is 3.61. The zero-order valence-corrected chi connectivity index (χ0v) is 12.3. The SMILES string of the molecule is CC(C)=CC(=O)NCCc1ccc(S(C)(=O)=O)cc1. The third kappa shape index (κ3) is 5.70. The Kier molecular flexibility index (Phi) is 5.30. The number of carbonyl (C=O) groups is 1.